The third-order valence-corrected chi connectivity index (χ3v) is 2.62. The van der Waals surface area contributed by atoms with Gasteiger partial charge in [-0.1, -0.05) is 0 Å². The predicted octanol–water partition coefficient (Wildman–Crippen LogP) is 0.613. The van der Waals surface area contributed by atoms with Gasteiger partial charge in [0.1, 0.15) is 5.69 Å². The standard InChI is InChI=1S/C12H11N3O5/c1-2-3-7(13)12(16)14-8-4-10-11(20-6-19-10)5-9(8)15(17)18/h1,4-5,7H,3,6,13H2,(H,14,16). The van der Waals surface area contributed by atoms with E-state index in [4.69, 9.17) is 21.6 Å². The van der Waals surface area contributed by atoms with Crippen LogP contribution in [0.15, 0.2) is 12.1 Å². The van der Waals surface area contributed by atoms with E-state index in [1.54, 1.807) is 0 Å². The number of ether oxygens (including phenoxy) is 2. The maximum absolute atomic E-state index is 11.8. The molecule has 1 atom stereocenters. The quantitative estimate of drug-likeness (QED) is 0.473. The molecule has 0 spiro atoms. The van der Waals surface area contributed by atoms with Crippen LogP contribution in [-0.2, 0) is 4.79 Å². The number of nitro benzene ring substituents is 1. The van der Waals surface area contributed by atoms with Gasteiger partial charge in [-0.2, -0.15) is 0 Å². The molecule has 0 radical (unpaired) electrons. The molecule has 1 amide bonds. The molecular weight excluding hydrogens is 266 g/mol. The Kier molecular flexibility index (Phi) is 3.72. The zero-order valence-corrected chi connectivity index (χ0v) is 10.3. The number of nitro groups is 1. The summed E-state index contributed by atoms with van der Waals surface area (Å²) in [5.41, 5.74) is 5.21. The Morgan fingerprint density at radius 1 is 1.55 bits per heavy atom. The van der Waals surface area contributed by atoms with Crippen LogP contribution >= 0.6 is 0 Å². The molecule has 104 valence electrons. The zero-order chi connectivity index (χ0) is 14.7. The number of benzene rings is 1. The van der Waals surface area contributed by atoms with Crippen molar-refractivity contribution in [2.24, 2.45) is 5.73 Å². The normalized spacial score (nSPS) is 13.4. The number of terminal acetylenes is 1. The summed E-state index contributed by atoms with van der Waals surface area (Å²) in [6.07, 6.45) is 5.09. The monoisotopic (exact) mass is 277 g/mol. The van der Waals surface area contributed by atoms with Gasteiger partial charge in [-0.25, -0.2) is 0 Å². The van der Waals surface area contributed by atoms with Crippen molar-refractivity contribution in [3.05, 3.63) is 22.2 Å². The molecule has 8 nitrogen and oxygen atoms in total. The smallest absolute Gasteiger partial charge is 0.296 e. The van der Waals surface area contributed by atoms with Gasteiger partial charge in [0, 0.05) is 12.5 Å². The first-order chi connectivity index (χ1) is 9.52. The lowest BCUT2D eigenvalue weighted by Crippen LogP contribution is -2.35. The molecule has 0 aromatic heterocycles. The molecule has 0 saturated heterocycles. The molecular formula is C12H11N3O5. The molecule has 1 aromatic rings. The highest BCUT2D eigenvalue weighted by Gasteiger charge is 2.25. The Morgan fingerprint density at radius 3 is 2.80 bits per heavy atom. The van der Waals surface area contributed by atoms with Gasteiger partial charge in [-0.05, 0) is 0 Å². The van der Waals surface area contributed by atoms with Gasteiger partial charge in [-0.15, -0.1) is 12.3 Å². The second-order valence-electron chi connectivity index (χ2n) is 3.98. The van der Waals surface area contributed by atoms with Gasteiger partial charge in [0.2, 0.25) is 12.7 Å². The maximum Gasteiger partial charge on any atom is 0.296 e. The molecule has 1 unspecified atom stereocenters. The number of nitrogens with zero attached hydrogens (tertiary/aromatic N) is 1. The van der Waals surface area contributed by atoms with Crippen LogP contribution in [0.2, 0.25) is 0 Å². The fraction of sp³-hybridized carbons (Fsp3) is 0.250. The van der Waals surface area contributed by atoms with Crippen LogP contribution < -0.4 is 20.5 Å². The number of anilines is 1. The van der Waals surface area contributed by atoms with Crippen molar-refractivity contribution in [2.75, 3.05) is 12.1 Å². The van der Waals surface area contributed by atoms with Gasteiger partial charge in [0.25, 0.3) is 5.69 Å². The molecule has 0 aliphatic carbocycles. The highest BCUT2D eigenvalue weighted by Crippen LogP contribution is 2.40. The third kappa shape index (κ3) is 2.62. The highest BCUT2D eigenvalue weighted by molar-refractivity contribution is 5.97. The molecule has 1 aromatic carbocycles. The number of nitrogens with two attached hydrogens (primary N) is 1. The van der Waals surface area contributed by atoms with Crippen molar-refractivity contribution in [3.63, 3.8) is 0 Å². The Labute approximate surface area is 114 Å². The van der Waals surface area contributed by atoms with E-state index >= 15 is 0 Å². The summed E-state index contributed by atoms with van der Waals surface area (Å²) in [5, 5.41) is 13.4. The average molecular weight is 277 g/mol. The molecule has 1 aliphatic rings. The number of hydrogen-bond acceptors (Lipinski definition) is 6. The van der Waals surface area contributed by atoms with Crippen LogP contribution in [-0.4, -0.2) is 23.7 Å². The topological polar surface area (TPSA) is 117 Å². The molecule has 0 bridgehead atoms. The van der Waals surface area contributed by atoms with E-state index in [9.17, 15) is 14.9 Å². The van der Waals surface area contributed by atoms with Crippen LogP contribution in [0.4, 0.5) is 11.4 Å². The largest absolute Gasteiger partial charge is 0.454 e. The first-order valence-corrected chi connectivity index (χ1v) is 5.61. The lowest BCUT2D eigenvalue weighted by Gasteiger charge is -2.10. The number of rotatable bonds is 4. The zero-order valence-electron chi connectivity index (χ0n) is 10.3. The van der Waals surface area contributed by atoms with E-state index in [-0.39, 0.29) is 30.3 Å². The van der Waals surface area contributed by atoms with E-state index < -0.39 is 16.9 Å². The number of fused-ring (bicyclic) bond motifs is 1. The van der Waals surface area contributed by atoms with E-state index in [1.165, 1.54) is 12.1 Å². The van der Waals surface area contributed by atoms with Gasteiger partial charge in [0.15, 0.2) is 11.5 Å². The molecule has 2 rings (SSSR count). The summed E-state index contributed by atoms with van der Waals surface area (Å²) in [6, 6.07) is 1.57. The maximum atomic E-state index is 11.8. The van der Waals surface area contributed by atoms with E-state index in [0.29, 0.717) is 5.75 Å². The average Bonchev–Trinajstić information content (AvgIpc) is 2.84. The Bertz CT molecular complexity index is 608. The number of nitrogens with one attached hydrogen (secondary N) is 1. The number of carbonyl (C=O) groups excluding carboxylic acids is 1. The number of amides is 1. The lowest BCUT2D eigenvalue weighted by molar-refractivity contribution is -0.384. The SMILES string of the molecule is C#CCC(N)C(=O)Nc1cc2c(cc1[N+](=O)[O-])OCO2. The van der Waals surface area contributed by atoms with Crippen molar-refractivity contribution < 1.29 is 19.2 Å². The van der Waals surface area contributed by atoms with Crippen molar-refractivity contribution in [1.29, 1.82) is 0 Å². The van der Waals surface area contributed by atoms with Crippen LogP contribution in [0.3, 0.4) is 0 Å². The van der Waals surface area contributed by atoms with Crippen LogP contribution in [0.1, 0.15) is 6.42 Å². The summed E-state index contributed by atoms with van der Waals surface area (Å²) in [7, 11) is 0. The Balaban J connectivity index is 2.29. The molecule has 1 aliphatic heterocycles. The van der Waals surface area contributed by atoms with Crippen molar-refractivity contribution >= 4 is 17.3 Å². The minimum absolute atomic E-state index is 0.0169. The van der Waals surface area contributed by atoms with Crippen LogP contribution in [0, 0.1) is 22.5 Å². The first kappa shape index (κ1) is 13.6. The van der Waals surface area contributed by atoms with Crippen molar-refractivity contribution in [2.45, 2.75) is 12.5 Å². The lowest BCUT2D eigenvalue weighted by atomic mass is 10.2. The second kappa shape index (κ2) is 5.46. The number of carbonyl (C=O) groups is 1. The van der Waals surface area contributed by atoms with Gasteiger partial charge in [0.05, 0.1) is 17.0 Å². The Hall–Kier alpha value is -2.79. The third-order valence-electron chi connectivity index (χ3n) is 2.62. The van der Waals surface area contributed by atoms with E-state index in [2.05, 4.69) is 11.2 Å². The van der Waals surface area contributed by atoms with E-state index in [1.807, 2.05) is 0 Å². The fourth-order valence-electron chi connectivity index (χ4n) is 1.63. The van der Waals surface area contributed by atoms with Gasteiger partial charge >= 0.3 is 0 Å². The molecule has 3 N–H and O–H groups in total. The molecule has 1 heterocycles. The van der Waals surface area contributed by atoms with Crippen molar-refractivity contribution in [1.82, 2.24) is 0 Å². The van der Waals surface area contributed by atoms with Crippen molar-refractivity contribution in [3.8, 4) is 23.8 Å². The molecule has 8 heteroatoms. The minimum atomic E-state index is -0.940. The fourth-order valence-corrected chi connectivity index (χ4v) is 1.63. The summed E-state index contributed by atoms with van der Waals surface area (Å²) >= 11 is 0. The molecule has 0 fully saturated rings. The molecule has 20 heavy (non-hydrogen) atoms. The first-order valence-electron chi connectivity index (χ1n) is 5.61. The summed E-state index contributed by atoms with van der Waals surface area (Å²) in [6.45, 7) is -0.0273. The summed E-state index contributed by atoms with van der Waals surface area (Å²) < 4.78 is 10.1. The minimum Gasteiger partial charge on any atom is -0.454 e. The summed E-state index contributed by atoms with van der Waals surface area (Å²) in [4.78, 5) is 22.1. The Morgan fingerprint density at radius 2 is 2.20 bits per heavy atom. The molecule has 0 saturated carbocycles. The van der Waals surface area contributed by atoms with Gasteiger partial charge in [-0.3, -0.25) is 14.9 Å². The van der Waals surface area contributed by atoms with Crippen LogP contribution in [0.5, 0.6) is 11.5 Å². The second-order valence-corrected chi connectivity index (χ2v) is 3.98. The van der Waals surface area contributed by atoms with E-state index in [0.717, 1.165) is 0 Å². The predicted molar refractivity (Wildman–Crippen MR) is 69.3 cm³/mol. The van der Waals surface area contributed by atoms with Gasteiger partial charge < -0.3 is 20.5 Å². The highest BCUT2D eigenvalue weighted by atomic mass is 16.7. The van der Waals surface area contributed by atoms with Crippen LogP contribution in [0.25, 0.3) is 0 Å². The number of hydrogen-bond donors (Lipinski definition) is 2. The summed E-state index contributed by atoms with van der Waals surface area (Å²) in [5.74, 6) is 2.21.